The third kappa shape index (κ3) is 7.07. The molecule has 1 aliphatic heterocycles. The highest BCUT2D eigenvalue weighted by molar-refractivity contribution is 7.92. The van der Waals surface area contributed by atoms with Crippen LogP contribution in [0, 0.1) is 0 Å². The standard InChI is InChI=1S/C22H29N5O6S/c1-2-15(27-22-24-12-17(28)13-25-22)14-33-18-5-7-19(8-6-18)34(31,32)20(10-21(29)30)26-16-4-3-9-23-11-16/h3-9,11-12,15,20,22,24-28H,2,10,13-14H2,1H3,(H,29,30). The number of carboxylic acid groups (broad SMARTS) is 1. The van der Waals surface area contributed by atoms with Gasteiger partial charge in [0.15, 0.2) is 9.84 Å². The number of pyridine rings is 1. The molecule has 6 N–H and O–H groups in total. The van der Waals surface area contributed by atoms with Gasteiger partial charge in [0, 0.05) is 24.6 Å². The second kappa shape index (κ2) is 11.7. The number of rotatable bonds is 12. The van der Waals surface area contributed by atoms with Gasteiger partial charge in [-0.1, -0.05) is 6.92 Å². The Balaban J connectivity index is 1.63. The summed E-state index contributed by atoms with van der Waals surface area (Å²) in [5.74, 6) is -0.536. The third-order valence-electron chi connectivity index (χ3n) is 5.13. The number of aliphatic carboxylic acids is 1. The minimum Gasteiger partial charge on any atom is -0.509 e. The van der Waals surface area contributed by atoms with Crippen LogP contribution in [0.4, 0.5) is 5.69 Å². The number of carbonyl (C=O) groups is 1. The maximum absolute atomic E-state index is 13.1. The molecule has 3 rings (SSSR count). The van der Waals surface area contributed by atoms with Gasteiger partial charge in [-0.05, 0) is 42.8 Å². The Hall–Kier alpha value is -3.35. The van der Waals surface area contributed by atoms with Crippen LogP contribution in [0.1, 0.15) is 19.8 Å². The first-order valence-corrected chi connectivity index (χ1v) is 12.3. The van der Waals surface area contributed by atoms with E-state index in [0.717, 1.165) is 6.42 Å². The van der Waals surface area contributed by atoms with Crippen molar-refractivity contribution < 1.29 is 28.2 Å². The average molecular weight is 492 g/mol. The van der Waals surface area contributed by atoms with Gasteiger partial charge in [0.1, 0.15) is 29.8 Å². The molecule has 3 unspecified atom stereocenters. The summed E-state index contributed by atoms with van der Waals surface area (Å²) >= 11 is 0. The molecule has 1 aromatic heterocycles. The fourth-order valence-corrected chi connectivity index (χ4v) is 4.74. The molecule has 0 aliphatic carbocycles. The molecule has 0 saturated heterocycles. The Morgan fingerprint density at radius 3 is 2.65 bits per heavy atom. The zero-order valence-corrected chi connectivity index (χ0v) is 19.5. The number of hydrogen-bond donors (Lipinski definition) is 6. The molecule has 184 valence electrons. The Morgan fingerprint density at radius 1 is 1.29 bits per heavy atom. The fourth-order valence-electron chi connectivity index (χ4n) is 3.24. The Bertz CT molecular complexity index is 1080. The van der Waals surface area contributed by atoms with Gasteiger partial charge in [-0.15, -0.1) is 0 Å². The van der Waals surface area contributed by atoms with Crippen molar-refractivity contribution in [3.8, 4) is 5.75 Å². The molecule has 34 heavy (non-hydrogen) atoms. The van der Waals surface area contributed by atoms with Crippen LogP contribution in [0.15, 0.2) is 65.6 Å². The average Bonchev–Trinajstić information content (AvgIpc) is 2.83. The minimum absolute atomic E-state index is 0.00863. The first-order valence-electron chi connectivity index (χ1n) is 10.8. The molecule has 0 bridgehead atoms. The topological polar surface area (TPSA) is 162 Å². The SMILES string of the molecule is CCC(COc1ccc(S(=O)(=O)C(CC(=O)O)Nc2cccnc2)cc1)NC1NC=C(O)CN1. The van der Waals surface area contributed by atoms with E-state index in [1.807, 2.05) is 6.92 Å². The molecule has 0 fully saturated rings. The van der Waals surface area contributed by atoms with E-state index in [1.165, 1.54) is 30.7 Å². The van der Waals surface area contributed by atoms with Crippen LogP contribution in [-0.4, -0.2) is 60.4 Å². The number of aliphatic hydroxyl groups excluding tert-OH is 1. The molecule has 11 nitrogen and oxygen atoms in total. The zero-order chi connectivity index (χ0) is 24.6. The molecular weight excluding hydrogens is 462 g/mol. The summed E-state index contributed by atoms with van der Waals surface area (Å²) in [6.07, 6.45) is 4.44. The predicted octanol–water partition coefficient (Wildman–Crippen LogP) is 1.39. The van der Waals surface area contributed by atoms with E-state index in [2.05, 4.69) is 26.3 Å². The number of nitrogens with zero attached hydrogens (tertiary/aromatic N) is 1. The molecule has 0 saturated carbocycles. The maximum atomic E-state index is 13.1. The number of nitrogens with one attached hydrogen (secondary N) is 4. The van der Waals surface area contributed by atoms with Gasteiger partial charge in [0.25, 0.3) is 0 Å². The fraction of sp³-hybridized carbons (Fsp3) is 0.364. The van der Waals surface area contributed by atoms with Crippen molar-refractivity contribution in [2.75, 3.05) is 18.5 Å². The highest BCUT2D eigenvalue weighted by Gasteiger charge is 2.30. The van der Waals surface area contributed by atoms with E-state index in [1.54, 1.807) is 24.3 Å². The molecule has 0 amide bonds. The number of carboxylic acids is 1. The van der Waals surface area contributed by atoms with Crippen molar-refractivity contribution in [2.24, 2.45) is 0 Å². The highest BCUT2D eigenvalue weighted by atomic mass is 32.2. The van der Waals surface area contributed by atoms with Crippen LogP contribution in [0.3, 0.4) is 0 Å². The van der Waals surface area contributed by atoms with Crippen LogP contribution in [-0.2, 0) is 14.6 Å². The summed E-state index contributed by atoms with van der Waals surface area (Å²) in [7, 11) is -4.00. The number of anilines is 1. The molecule has 2 heterocycles. The van der Waals surface area contributed by atoms with Crippen LogP contribution >= 0.6 is 0 Å². The summed E-state index contributed by atoms with van der Waals surface area (Å²) in [4.78, 5) is 15.2. The monoisotopic (exact) mass is 491 g/mol. The summed E-state index contributed by atoms with van der Waals surface area (Å²) in [6, 6.07) is 9.11. The van der Waals surface area contributed by atoms with Gasteiger partial charge < -0.3 is 25.6 Å². The lowest BCUT2D eigenvalue weighted by molar-refractivity contribution is -0.136. The molecule has 3 atom stereocenters. The first kappa shape index (κ1) is 25.3. The Labute approximate surface area is 198 Å². The summed E-state index contributed by atoms with van der Waals surface area (Å²) in [5.41, 5.74) is 0.406. The van der Waals surface area contributed by atoms with Gasteiger partial charge in [0.05, 0.1) is 23.5 Å². The van der Waals surface area contributed by atoms with Crippen molar-refractivity contribution in [1.29, 1.82) is 0 Å². The molecule has 2 aromatic rings. The maximum Gasteiger partial charge on any atom is 0.306 e. The molecule has 1 aliphatic rings. The number of hydrogen-bond acceptors (Lipinski definition) is 10. The second-order valence-corrected chi connectivity index (χ2v) is 9.82. The van der Waals surface area contributed by atoms with E-state index >= 15 is 0 Å². The lowest BCUT2D eigenvalue weighted by atomic mass is 10.2. The van der Waals surface area contributed by atoms with Crippen LogP contribution in [0.2, 0.25) is 0 Å². The van der Waals surface area contributed by atoms with Crippen LogP contribution in [0.5, 0.6) is 5.75 Å². The van der Waals surface area contributed by atoms with Crippen molar-refractivity contribution in [1.82, 2.24) is 20.9 Å². The Kier molecular flexibility index (Phi) is 8.68. The second-order valence-electron chi connectivity index (χ2n) is 7.69. The molecule has 0 spiro atoms. The highest BCUT2D eigenvalue weighted by Crippen LogP contribution is 2.23. The lowest BCUT2D eigenvalue weighted by Gasteiger charge is -2.28. The molecule has 12 heteroatoms. The van der Waals surface area contributed by atoms with Gasteiger partial charge in [-0.3, -0.25) is 20.4 Å². The number of sulfone groups is 1. The number of ether oxygens (including phenoxy) is 1. The number of aliphatic hydroxyl groups is 1. The molecule has 1 aromatic carbocycles. The zero-order valence-electron chi connectivity index (χ0n) is 18.6. The van der Waals surface area contributed by atoms with Gasteiger partial charge >= 0.3 is 5.97 Å². The molecular formula is C22H29N5O6S. The normalized spacial score (nSPS) is 17.7. The van der Waals surface area contributed by atoms with E-state index < -0.39 is 27.6 Å². The predicted molar refractivity (Wildman–Crippen MR) is 126 cm³/mol. The van der Waals surface area contributed by atoms with E-state index in [0.29, 0.717) is 24.6 Å². The van der Waals surface area contributed by atoms with Crippen molar-refractivity contribution in [3.05, 3.63) is 60.8 Å². The molecule has 0 radical (unpaired) electrons. The minimum atomic E-state index is -4.00. The van der Waals surface area contributed by atoms with Crippen LogP contribution < -0.4 is 26.0 Å². The lowest BCUT2D eigenvalue weighted by Crippen LogP contribution is -2.57. The van der Waals surface area contributed by atoms with E-state index in [4.69, 9.17) is 4.74 Å². The smallest absolute Gasteiger partial charge is 0.306 e. The summed E-state index contributed by atoms with van der Waals surface area (Å²) in [6.45, 7) is 2.70. The van der Waals surface area contributed by atoms with Crippen molar-refractivity contribution >= 4 is 21.5 Å². The number of benzene rings is 1. The third-order valence-corrected chi connectivity index (χ3v) is 7.09. The summed E-state index contributed by atoms with van der Waals surface area (Å²) < 4.78 is 32.0. The van der Waals surface area contributed by atoms with E-state index in [-0.39, 0.29) is 23.0 Å². The van der Waals surface area contributed by atoms with Gasteiger partial charge in [-0.2, -0.15) is 0 Å². The number of aromatic nitrogens is 1. The van der Waals surface area contributed by atoms with E-state index in [9.17, 15) is 23.4 Å². The van der Waals surface area contributed by atoms with Crippen molar-refractivity contribution in [3.63, 3.8) is 0 Å². The largest absolute Gasteiger partial charge is 0.509 e. The first-order chi connectivity index (χ1) is 16.3. The van der Waals surface area contributed by atoms with Gasteiger partial charge in [0.2, 0.25) is 0 Å². The van der Waals surface area contributed by atoms with Crippen LogP contribution in [0.25, 0.3) is 0 Å². The van der Waals surface area contributed by atoms with Crippen molar-refractivity contribution in [2.45, 2.75) is 42.4 Å². The Morgan fingerprint density at radius 2 is 2.06 bits per heavy atom. The summed E-state index contributed by atoms with van der Waals surface area (Å²) in [5, 5.41) is 29.4. The van der Waals surface area contributed by atoms with Gasteiger partial charge in [-0.25, -0.2) is 8.42 Å². The quantitative estimate of drug-likeness (QED) is 0.254.